The lowest BCUT2D eigenvalue weighted by Crippen LogP contribution is -2.39. The van der Waals surface area contributed by atoms with Crippen LogP contribution in [0.4, 0.5) is 0 Å². The van der Waals surface area contributed by atoms with Crippen molar-refractivity contribution in [1.29, 1.82) is 0 Å². The van der Waals surface area contributed by atoms with Crippen molar-refractivity contribution in [2.75, 3.05) is 19.7 Å². The Bertz CT molecular complexity index is 381. The normalized spacial score (nSPS) is 22.7. The molecule has 2 unspecified atom stereocenters. The number of nitrogens with one attached hydrogen (secondary N) is 2. The Morgan fingerprint density at radius 1 is 1.39 bits per heavy atom. The maximum atomic E-state index is 11.7. The third-order valence-corrected chi connectivity index (χ3v) is 3.20. The molecule has 1 amide bonds. The molecule has 2 N–H and O–H groups in total. The minimum atomic E-state index is 0.0616. The lowest BCUT2D eigenvalue weighted by Gasteiger charge is -2.16. The number of benzene rings is 1. The fraction of sp³-hybridized carbons (Fsp3) is 0.500. The second kappa shape index (κ2) is 6.40. The van der Waals surface area contributed by atoms with Gasteiger partial charge >= 0.3 is 0 Å². The molecule has 1 aliphatic heterocycles. The predicted octanol–water partition coefficient (Wildman–Crippen LogP) is 1.18. The Hall–Kier alpha value is -1.55. The molecular formula is C14H20N2O2. The lowest BCUT2D eigenvalue weighted by atomic mass is 10.1. The first-order chi connectivity index (χ1) is 8.75. The monoisotopic (exact) mass is 248 g/mol. The second-order valence-corrected chi connectivity index (χ2v) is 4.72. The molecule has 0 aliphatic carbocycles. The van der Waals surface area contributed by atoms with Gasteiger partial charge in [-0.05, 0) is 24.6 Å². The molecule has 1 aliphatic rings. The summed E-state index contributed by atoms with van der Waals surface area (Å²) in [5.41, 5.74) is 0. The summed E-state index contributed by atoms with van der Waals surface area (Å²) >= 11 is 0. The third-order valence-electron chi connectivity index (χ3n) is 3.20. The largest absolute Gasteiger partial charge is 0.493 e. The summed E-state index contributed by atoms with van der Waals surface area (Å²) in [6.07, 6.45) is 0.401. The van der Waals surface area contributed by atoms with Gasteiger partial charge in [-0.1, -0.05) is 25.1 Å². The van der Waals surface area contributed by atoms with Crippen LogP contribution in [0.5, 0.6) is 5.75 Å². The molecule has 0 spiro atoms. The van der Waals surface area contributed by atoms with Crippen LogP contribution in [0.1, 0.15) is 13.3 Å². The summed E-state index contributed by atoms with van der Waals surface area (Å²) in [7, 11) is 0. The fourth-order valence-electron chi connectivity index (χ4n) is 2.06. The third kappa shape index (κ3) is 3.74. The molecule has 1 heterocycles. The smallest absolute Gasteiger partial charge is 0.223 e. The molecule has 0 bridgehead atoms. The second-order valence-electron chi connectivity index (χ2n) is 4.72. The summed E-state index contributed by atoms with van der Waals surface area (Å²) in [6, 6.07) is 9.81. The first-order valence-corrected chi connectivity index (χ1v) is 6.43. The van der Waals surface area contributed by atoms with Crippen molar-refractivity contribution in [3.8, 4) is 5.75 Å². The van der Waals surface area contributed by atoms with Crippen LogP contribution in [-0.4, -0.2) is 31.6 Å². The molecule has 1 aromatic rings. The average molecular weight is 248 g/mol. The van der Waals surface area contributed by atoms with Gasteiger partial charge in [0.25, 0.3) is 0 Å². The van der Waals surface area contributed by atoms with Crippen LogP contribution in [-0.2, 0) is 4.79 Å². The molecule has 0 radical (unpaired) electrons. The highest BCUT2D eigenvalue weighted by Gasteiger charge is 2.24. The molecule has 1 fully saturated rings. The summed E-state index contributed by atoms with van der Waals surface area (Å²) in [4.78, 5) is 11.7. The minimum Gasteiger partial charge on any atom is -0.493 e. The SMILES string of the molecule is CC1CNCC1NC(=O)CCOc1ccccc1. The topological polar surface area (TPSA) is 50.4 Å². The van der Waals surface area contributed by atoms with Gasteiger partial charge in [-0.15, -0.1) is 0 Å². The molecule has 1 aromatic carbocycles. The van der Waals surface area contributed by atoms with Crippen LogP contribution in [0.15, 0.2) is 30.3 Å². The highest BCUT2D eigenvalue weighted by atomic mass is 16.5. The lowest BCUT2D eigenvalue weighted by molar-refractivity contribution is -0.122. The van der Waals surface area contributed by atoms with Crippen molar-refractivity contribution in [3.63, 3.8) is 0 Å². The quantitative estimate of drug-likeness (QED) is 0.822. The highest BCUT2D eigenvalue weighted by Crippen LogP contribution is 2.09. The minimum absolute atomic E-state index is 0.0616. The Kier molecular flexibility index (Phi) is 4.59. The van der Waals surface area contributed by atoms with Crippen molar-refractivity contribution in [2.24, 2.45) is 5.92 Å². The average Bonchev–Trinajstić information content (AvgIpc) is 2.76. The van der Waals surface area contributed by atoms with E-state index in [-0.39, 0.29) is 11.9 Å². The van der Waals surface area contributed by atoms with Crippen LogP contribution in [0.25, 0.3) is 0 Å². The first kappa shape index (κ1) is 12.9. The van der Waals surface area contributed by atoms with Gasteiger partial charge in [0.15, 0.2) is 0 Å². The van der Waals surface area contributed by atoms with Gasteiger partial charge in [-0.2, -0.15) is 0 Å². The molecular weight excluding hydrogens is 228 g/mol. The zero-order valence-corrected chi connectivity index (χ0v) is 10.7. The molecule has 0 aromatic heterocycles. The van der Waals surface area contributed by atoms with E-state index in [2.05, 4.69) is 17.6 Å². The van der Waals surface area contributed by atoms with Gasteiger partial charge in [0.1, 0.15) is 5.75 Å². The molecule has 98 valence electrons. The predicted molar refractivity (Wildman–Crippen MR) is 70.5 cm³/mol. The van der Waals surface area contributed by atoms with Gasteiger partial charge < -0.3 is 15.4 Å². The van der Waals surface area contributed by atoms with Gasteiger partial charge in [-0.25, -0.2) is 0 Å². The number of para-hydroxylation sites is 1. The fourth-order valence-corrected chi connectivity index (χ4v) is 2.06. The number of rotatable bonds is 5. The number of carbonyl (C=O) groups is 1. The van der Waals surface area contributed by atoms with Crippen LogP contribution in [0, 0.1) is 5.92 Å². The molecule has 4 heteroatoms. The highest BCUT2D eigenvalue weighted by molar-refractivity contribution is 5.76. The van der Waals surface area contributed by atoms with E-state index in [0.29, 0.717) is 18.9 Å². The molecule has 1 saturated heterocycles. The van der Waals surface area contributed by atoms with Gasteiger partial charge in [0.05, 0.1) is 13.0 Å². The van der Waals surface area contributed by atoms with E-state index in [1.54, 1.807) is 0 Å². The van der Waals surface area contributed by atoms with E-state index in [1.807, 2.05) is 30.3 Å². The number of carbonyl (C=O) groups excluding carboxylic acids is 1. The first-order valence-electron chi connectivity index (χ1n) is 6.43. The van der Waals surface area contributed by atoms with Crippen molar-refractivity contribution in [2.45, 2.75) is 19.4 Å². The zero-order valence-electron chi connectivity index (χ0n) is 10.7. The number of ether oxygens (including phenoxy) is 1. The van der Waals surface area contributed by atoms with Crippen molar-refractivity contribution in [3.05, 3.63) is 30.3 Å². The van der Waals surface area contributed by atoms with Gasteiger partial charge in [-0.3, -0.25) is 4.79 Å². The summed E-state index contributed by atoms with van der Waals surface area (Å²) in [5, 5.41) is 6.30. The van der Waals surface area contributed by atoms with E-state index >= 15 is 0 Å². The molecule has 0 saturated carbocycles. The molecule has 4 nitrogen and oxygen atoms in total. The zero-order chi connectivity index (χ0) is 12.8. The Morgan fingerprint density at radius 3 is 2.83 bits per heavy atom. The van der Waals surface area contributed by atoms with Crippen LogP contribution in [0.2, 0.25) is 0 Å². The van der Waals surface area contributed by atoms with E-state index in [0.717, 1.165) is 18.8 Å². The number of hydrogen-bond donors (Lipinski definition) is 2. The number of hydrogen-bond acceptors (Lipinski definition) is 3. The van der Waals surface area contributed by atoms with E-state index in [4.69, 9.17) is 4.74 Å². The standard InChI is InChI=1S/C14H20N2O2/c1-11-9-15-10-13(11)16-14(17)7-8-18-12-5-3-2-4-6-12/h2-6,11,13,15H,7-10H2,1H3,(H,16,17). The summed E-state index contributed by atoms with van der Waals surface area (Å²) < 4.78 is 5.49. The maximum absolute atomic E-state index is 11.7. The Morgan fingerprint density at radius 2 is 2.17 bits per heavy atom. The van der Waals surface area contributed by atoms with Gasteiger partial charge in [0.2, 0.25) is 5.91 Å². The maximum Gasteiger partial charge on any atom is 0.223 e. The Labute approximate surface area is 108 Å². The van der Waals surface area contributed by atoms with Crippen LogP contribution < -0.4 is 15.4 Å². The molecule has 18 heavy (non-hydrogen) atoms. The van der Waals surface area contributed by atoms with E-state index in [1.165, 1.54) is 0 Å². The van der Waals surface area contributed by atoms with E-state index < -0.39 is 0 Å². The molecule has 2 rings (SSSR count). The van der Waals surface area contributed by atoms with Crippen LogP contribution in [0.3, 0.4) is 0 Å². The Balaban J connectivity index is 1.66. The van der Waals surface area contributed by atoms with E-state index in [9.17, 15) is 4.79 Å². The van der Waals surface area contributed by atoms with Crippen molar-refractivity contribution >= 4 is 5.91 Å². The van der Waals surface area contributed by atoms with Crippen molar-refractivity contribution < 1.29 is 9.53 Å². The van der Waals surface area contributed by atoms with Gasteiger partial charge in [0, 0.05) is 12.6 Å². The molecule has 2 atom stereocenters. The van der Waals surface area contributed by atoms with Crippen molar-refractivity contribution in [1.82, 2.24) is 10.6 Å². The summed E-state index contributed by atoms with van der Waals surface area (Å²) in [6.45, 7) is 4.41. The van der Waals surface area contributed by atoms with Crippen LogP contribution >= 0.6 is 0 Å². The summed E-state index contributed by atoms with van der Waals surface area (Å²) in [5.74, 6) is 1.37. The number of amides is 1.